The third-order valence-corrected chi connectivity index (χ3v) is 4.59. The maximum Gasteiger partial charge on any atom is 0.295 e. The minimum atomic E-state index is -0.660. The lowest BCUT2D eigenvalue weighted by Crippen LogP contribution is -2.33. The molecule has 1 N–H and O–H groups in total. The topological polar surface area (TPSA) is 57.6 Å². The highest BCUT2D eigenvalue weighted by molar-refractivity contribution is 6.46. The summed E-state index contributed by atoms with van der Waals surface area (Å²) in [5, 5.41) is 11.4. The molecule has 0 spiro atoms. The minimum absolute atomic E-state index is 0.115. The number of likely N-dealkylation sites (tertiary alicyclic amines) is 1. The first-order chi connectivity index (χ1) is 12.4. The lowest BCUT2D eigenvalue weighted by Gasteiger charge is -2.26. The van der Waals surface area contributed by atoms with E-state index in [2.05, 4.69) is 0 Å². The Morgan fingerprint density at radius 1 is 1.08 bits per heavy atom. The van der Waals surface area contributed by atoms with Crippen LogP contribution < -0.4 is 0 Å². The molecule has 1 heterocycles. The molecule has 26 heavy (non-hydrogen) atoms. The summed E-state index contributed by atoms with van der Waals surface area (Å²) in [5.74, 6) is -1.22. The van der Waals surface area contributed by atoms with Crippen molar-refractivity contribution in [2.45, 2.75) is 19.9 Å². The molecule has 0 saturated carbocycles. The number of hydrogen-bond acceptors (Lipinski definition) is 3. The SMILES string of the molecule is CC(C)CN1C(=O)C(=O)C(=C(O)c2ccccc2)[C@@H]1c1ccc(Cl)cc1. The van der Waals surface area contributed by atoms with Crippen molar-refractivity contribution in [2.24, 2.45) is 5.92 Å². The molecule has 134 valence electrons. The van der Waals surface area contributed by atoms with Gasteiger partial charge in [0.2, 0.25) is 0 Å². The second-order valence-electron chi connectivity index (χ2n) is 6.76. The summed E-state index contributed by atoms with van der Waals surface area (Å²) >= 11 is 5.98. The van der Waals surface area contributed by atoms with Crippen LogP contribution in [0.5, 0.6) is 0 Å². The van der Waals surface area contributed by atoms with E-state index in [0.717, 1.165) is 5.56 Å². The lowest BCUT2D eigenvalue weighted by molar-refractivity contribution is -0.140. The smallest absolute Gasteiger partial charge is 0.295 e. The zero-order valence-corrected chi connectivity index (χ0v) is 15.4. The first-order valence-electron chi connectivity index (χ1n) is 8.49. The Labute approximate surface area is 157 Å². The third kappa shape index (κ3) is 3.37. The van der Waals surface area contributed by atoms with Crippen LogP contribution in [0.15, 0.2) is 60.2 Å². The predicted molar refractivity (Wildman–Crippen MR) is 102 cm³/mol. The quantitative estimate of drug-likeness (QED) is 0.493. The van der Waals surface area contributed by atoms with Crippen LogP contribution in [0.4, 0.5) is 0 Å². The van der Waals surface area contributed by atoms with Gasteiger partial charge in [-0.15, -0.1) is 0 Å². The van der Waals surface area contributed by atoms with Crippen LogP contribution in [0.1, 0.15) is 31.0 Å². The summed E-state index contributed by atoms with van der Waals surface area (Å²) in [5.41, 5.74) is 1.37. The second-order valence-corrected chi connectivity index (χ2v) is 7.20. The number of ketones is 1. The van der Waals surface area contributed by atoms with E-state index in [0.29, 0.717) is 17.1 Å². The Morgan fingerprint density at radius 3 is 2.27 bits per heavy atom. The van der Waals surface area contributed by atoms with Gasteiger partial charge in [0.15, 0.2) is 0 Å². The number of benzene rings is 2. The molecule has 5 heteroatoms. The monoisotopic (exact) mass is 369 g/mol. The van der Waals surface area contributed by atoms with Gasteiger partial charge < -0.3 is 10.0 Å². The van der Waals surface area contributed by atoms with Crippen molar-refractivity contribution in [3.05, 3.63) is 76.3 Å². The van der Waals surface area contributed by atoms with Gasteiger partial charge in [-0.3, -0.25) is 9.59 Å². The predicted octanol–water partition coefficient (Wildman–Crippen LogP) is 4.42. The Hall–Kier alpha value is -2.59. The molecule has 0 aliphatic carbocycles. The molecule has 1 fully saturated rings. The maximum absolute atomic E-state index is 12.7. The van der Waals surface area contributed by atoms with Gasteiger partial charge in [0, 0.05) is 17.1 Å². The molecule has 0 bridgehead atoms. The first-order valence-corrected chi connectivity index (χ1v) is 8.87. The van der Waals surface area contributed by atoms with E-state index in [4.69, 9.17) is 11.6 Å². The highest BCUT2D eigenvalue weighted by atomic mass is 35.5. The number of aliphatic hydroxyl groups excluding tert-OH is 1. The van der Waals surface area contributed by atoms with E-state index in [1.165, 1.54) is 4.90 Å². The number of nitrogens with zero attached hydrogens (tertiary/aromatic N) is 1. The van der Waals surface area contributed by atoms with Crippen LogP contribution in [0.2, 0.25) is 5.02 Å². The Morgan fingerprint density at radius 2 is 1.69 bits per heavy atom. The molecule has 4 nitrogen and oxygen atoms in total. The molecule has 1 atom stereocenters. The van der Waals surface area contributed by atoms with Gasteiger partial charge in [-0.05, 0) is 23.6 Å². The Bertz CT molecular complexity index is 857. The van der Waals surface area contributed by atoms with Crippen LogP contribution in [-0.4, -0.2) is 28.2 Å². The summed E-state index contributed by atoms with van der Waals surface area (Å²) < 4.78 is 0. The largest absolute Gasteiger partial charge is 0.507 e. The Kier molecular flexibility index (Phi) is 5.14. The number of hydrogen-bond donors (Lipinski definition) is 1. The van der Waals surface area contributed by atoms with E-state index in [-0.39, 0.29) is 17.3 Å². The zero-order valence-electron chi connectivity index (χ0n) is 14.6. The van der Waals surface area contributed by atoms with E-state index in [1.807, 2.05) is 19.9 Å². The molecule has 3 rings (SSSR count). The van der Waals surface area contributed by atoms with Crippen LogP contribution in [0.3, 0.4) is 0 Å². The number of Topliss-reactive ketones (excluding diaryl/α,β-unsaturated/α-hetero) is 1. The third-order valence-electron chi connectivity index (χ3n) is 4.33. The van der Waals surface area contributed by atoms with Crippen molar-refractivity contribution >= 4 is 29.1 Å². The summed E-state index contributed by atoms with van der Waals surface area (Å²) in [6.07, 6.45) is 0. The average molecular weight is 370 g/mol. The van der Waals surface area contributed by atoms with Crippen LogP contribution in [-0.2, 0) is 9.59 Å². The van der Waals surface area contributed by atoms with Gasteiger partial charge in [-0.1, -0.05) is 67.9 Å². The highest BCUT2D eigenvalue weighted by Gasteiger charge is 2.46. The molecular weight excluding hydrogens is 350 g/mol. The van der Waals surface area contributed by atoms with Gasteiger partial charge in [0.05, 0.1) is 11.6 Å². The van der Waals surface area contributed by atoms with E-state index < -0.39 is 17.7 Å². The van der Waals surface area contributed by atoms with E-state index >= 15 is 0 Å². The molecule has 0 unspecified atom stereocenters. The summed E-state index contributed by atoms with van der Waals surface area (Å²) in [6, 6.07) is 15.2. The summed E-state index contributed by atoms with van der Waals surface area (Å²) in [6.45, 7) is 4.38. The van der Waals surface area contributed by atoms with Crippen molar-refractivity contribution in [1.29, 1.82) is 0 Å². The molecule has 1 aliphatic rings. The fourth-order valence-electron chi connectivity index (χ4n) is 3.20. The van der Waals surface area contributed by atoms with Crippen molar-refractivity contribution in [1.82, 2.24) is 4.90 Å². The number of amides is 1. The van der Waals surface area contributed by atoms with Crippen molar-refractivity contribution < 1.29 is 14.7 Å². The normalized spacial score (nSPS) is 19.4. The number of carbonyl (C=O) groups is 2. The van der Waals surface area contributed by atoms with Crippen molar-refractivity contribution in [3.63, 3.8) is 0 Å². The fraction of sp³-hybridized carbons (Fsp3) is 0.238. The second kappa shape index (κ2) is 7.34. The van der Waals surface area contributed by atoms with Crippen LogP contribution in [0.25, 0.3) is 5.76 Å². The lowest BCUT2D eigenvalue weighted by atomic mass is 9.95. The Balaban J connectivity index is 2.18. The summed E-state index contributed by atoms with van der Waals surface area (Å²) in [7, 11) is 0. The molecule has 1 saturated heterocycles. The van der Waals surface area contributed by atoms with E-state index in [9.17, 15) is 14.7 Å². The van der Waals surface area contributed by atoms with Crippen molar-refractivity contribution in [2.75, 3.05) is 6.54 Å². The van der Waals surface area contributed by atoms with Gasteiger partial charge >= 0.3 is 0 Å². The van der Waals surface area contributed by atoms with Gasteiger partial charge in [0.1, 0.15) is 5.76 Å². The number of halogens is 1. The highest BCUT2D eigenvalue weighted by Crippen LogP contribution is 2.39. The molecule has 0 radical (unpaired) electrons. The molecule has 0 aromatic heterocycles. The zero-order chi connectivity index (χ0) is 18.8. The molecule has 2 aromatic rings. The van der Waals surface area contributed by atoms with Crippen LogP contribution >= 0.6 is 11.6 Å². The number of carbonyl (C=O) groups excluding carboxylic acids is 2. The standard InChI is InChI=1S/C21H20ClNO3/c1-13(2)12-23-18(14-8-10-16(22)11-9-14)17(20(25)21(23)26)19(24)15-6-4-3-5-7-15/h3-11,13,18,24H,12H2,1-2H3/t18-/m0/s1. The molecule has 2 aromatic carbocycles. The fourth-order valence-corrected chi connectivity index (χ4v) is 3.33. The first kappa shape index (κ1) is 18.2. The maximum atomic E-state index is 12.7. The van der Waals surface area contributed by atoms with Crippen LogP contribution in [0, 0.1) is 5.92 Å². The minimum Gasteiger partial charge on any atom is -0.507 e. The number of rotatable bonds is 4. The summed E-state index contributed by atoms with van der Waals surface area (Å²) in [4.78, 5) is 26.9. The van der Waals surface area contributed by atoms with Crippen molar-refractivity contribution in [3.8, 4) is 0 Å². The van der Waals surface area contributed by atoms with Gasteiger partial charge in [0.25, 0.3) is 11.7 Å². The van der Waals surface area contributed by atoms with Gasteiger partial charge in [-0.25, -0.2) is 0 Å². The number of aliphatic hydroxyl groups is 1. The van der Waals surface area contributed by atoms with E-state index in [1.54, 1.807) is 48.5 Å². The average Bonchev–Trinajstić information content (AvgIpc) is 2.87. The molecular formula is C21H20ClNO3. The van der Waals surface area contributed by atoms with Gasteiger partial charge in [-0.2, -0.15) is 0 Å². The molecule has 1 amide bonds. The molecule has 1 aliphatic heterocycles.